The molecule has 20 heteroatoms. The number of alkyl halides is 2. The average Bonchev–Trinajstić information content (AvgIpc) is 0.789. The van der Waals surface area contributed by atoms with E-state index in [0.29, 0.717) is 69.6 Å². The van der Waals surface area contributed by atoms with E-state index in [0.717, 1.165) is 119 Å². The molecule has 0 aliphatic carbocycles. The first kappa shape index (κ1) is 116. The Morgan fingerprint density at radius 1 is 0.282 bits per heavy atom. The van der Waals surface area contributed by atoms with E-state index in [-0.39, 0.29) is 187 Å². The van der Waals surface area contributed by atoms with Crippen molar-refractivity contribution in [3.8, 4) is 12.1 Å². The summed E-state index contributed by atoms with van der Waals surface area (Å²) in [5, 5.41) is 27.7. The van der Waals surface area contributed by atoms with Gasteiger partial charge in [0.05, 0.1) is 127 Å². The molecule has 20 atom stereocenters. The van der Waals surface area contributed by atoms with E-state index < -0.39 is 0 Å². The van der Waals surface area contributed by atoms with Gasteiger partial charge < -0.3 is 68.7 Å². The van der Waals surface area contributed by atoms with Crippen molar-refractivity contribution in [2.75, 3.05) is 0 Å². The summed E-state index contributed by atoms with van der Waals surface area (Å²) < 4.78 is 79.7. The molecule has 0 amide bonds. The second-order valence-electron chi connectivity index (χ2n) is 36.6. The van der Waals surface area contributed by atoms with Crippen LogP contribution in [0.5, 0.6) is 0 Å². The number of nitriles is 2. The fraction of sp³-hybridized carbons (Fsp3) is 0.385. The Kier molecular flexibility index (Phi) is 50.1. The predicted octanol–water partition coefficient (Wildman–Crippen LogP) is 27.0. The van der Waals surface area contributed by atoms with E-state index in [4.69, 9.17) is 91.9 Å². The second-order valence-corrected chi connectivity index (χ2v) is 38.5. The fourth-order valence-corrected chi connectivity index (χ4v) is 20.7. The Labute approximate surface area is 914 Å². The van der Waals surface area contributed by atoms with Gasteiger partial charge in [-0.2, -0.15) is 10.5 Å². The molecule has 0 spiro atoms. The van der Waals surface area contributed by atoms with Crippen molar-refractivity contribution < 1.29 is 108 Å². The Hall–Kier alpha value is -8.19. The first-order valence-electron chi connectivity index (χ1n) is 49.1. The molecule has 4 unspecified atom stereocenters. The van der Waals surface area contributed by atoms with Crippen LogP contribution in [-0.4, -0.2) is 73.2 Å². The SMILES string of the molecule is C.CC[C@H]1OC(c2ccc(C)c(CBr)c2)[C@H](OCc2ccccc2)[C@@H](OCc2ccccc2)[C@@H]1C.CC[C@H]1OC(c2ccc(C)c(CC#N)c2)[C@H](OCc2ccccc2)[C@@H](OCc2ccccc2)[C@@H]1C.CC[C@H]1OC(c2ccc(Cl)c(CBr)c2)[C@H](OCc2ccccc2)[C@@H](OCc2ccccc2)[C@@H]1C.CC[C@H]1OC(c2ccc(Cl)c(CC#N)c2)[C@H](OCc2ccccc2)[C@@H](OCc2ccccc2)[C@@H]1C.[C-]#N.[K+]. The summed E-state index contributed by atoms with van der Waals surface area (Å²) in [5.74, 6) is 0.719. The van der Waals surface area contributed by atoms with E-state index >= 15 is 0 Å². The zero-order chi connectivity index (χ0) is 99.1. The maximum Gasteiger partial charge on any atom is 1.00 e. The van der Waals surface area contributed by atoms with Crippen LogP contribution in [0.25, 0.3) is 0 Å². The molecule has 12 aromatic rings. The summed E-state index contributed by atoms with van der Waals surface area (Å²) >= 11 is 20.0. The first-order valence-corrected chi connectivity index (χ1v) is 52.1. The number of aryl methyl sites for hydroxylation is 2. The Bertz CT molecular complexity index is 5400. The van der Waals surface area contributed by atoms with Gasteiger partial charge in [0.2, 0.25) is 0 Å². The number of benzene rings is 12. The van der Waals surface area contributed by atoms with Crippen LogP contribution in [0.15, 0.2) is 315 Å². The van der Waals surface area contributed by atoms with Crippen molar-refractivity contribution in [2.24, 2.45) is 23.7 Å². The van der Waals surface area contributed by atoms with Crippen molar-refractivity contribution >= 4 is 55.1 Å². The van der Waals surface area contributed by atoms with Crippen molar-refractivity contribution in [3.63, 3.8) is 0 Å². The Morgan fingerprint density at radius 3 is 0.697 bits per heavy atom. The van der Waals surface area contributed by atoms with Gasteiger partial charge in [0.1, 0.15) is 48.8 Å². The van der Waals surface area contributed by atoms with Crippen LogP contribution >= 0.6 is 55.1 Å². The maximum absolute atomic E-state index is 9.32. The standard InChI is InChI=1S/C31H35NO3.C30H35BrO3.C30H32ClNO3.C29H32BrClO3.CN.CH4.K/c1-4-28-23(3)29(33-20-24-11-7-5-8-12-24)31(34-21-25-13-9-6-10-14-25)30(35-28)27-16-15-22(2)26(19-27)17-18-32;1-4-27-22(3)28(32-19-23-11-7-5-8-12-23)30(33-20-24-13-9-6-10-14-24)29(34-27)25-16-15-21(2)26(17-25)18-31;1-3-27-21(2)28(33-19-22-10-6-4-7-11-22)30(34-20-23-12-8-5-9-13-23)29(35-27)25-14-15-26(31)24(18-25)16-17-32;1-3-26-20(2)27(32-18-21-10-6-4-7-11-21)29(33-19-22-12-8-5-9-13-22)28(34-26)23-14-15-25(31)24(16-23)17-30;1-2;;/h5-16,19,23,28-31H,4,17,20-21H2,1-3H3;5-17,22,27-30H,4,18-20H2,1-3H3;4-15,18,21,27-30H,3,16,19-20H2,1-2H3;4-16,20,26-29H,3,17-19H2,1-2H3;;1H4;/q;;;;-1;;+1/t23-,28-,29+,30?,31-;22-,27-,28+,29?,30-;21-,27-,28+,29?,30-;20-,26-,27+,28?,29-;;;/m1111.../s1. The number of halogens is 4. The quantitative estimate of drug-likeness (QED) is 0.0205. The summed E-state index contributed by atoms with van der Waals surface area (Å²) in [4.78, 5) is 0. The molecule has 4 saturated heterocycles. The average molecular weight is 2110 g/mol. The molecule has 4 heterocycles. The summed E-state index contributed by atoms with van der Waals surface area (Å²) in [6.07, 6.45) is 1.85. The minimum absolute atomic E-state index is 0. The van der Waals surface area contributed by atoms with E-state index in [2.05, 4.69) is 276 Å². The summed E-state index contributed by atoms with van der Waals surface area (Å²) in [6, 6.07) is 111. The van der Waals surface area contributed by atoms with Gasteiger partial charge in [-0.15, -0.1) is 0 Å². The van der Waals surface area contributed by atoms with E-state index in [1.807, 2.05) is 153 Å². The van der Waals surface area contributed by atoms with E-state index in [1.165, 1.54) is 16.7 Å². The molecule has 15 nitrogen and oxygen atoms in total. The zero-order valence-corrected chi connectivity index (χ0v) is 90.9. The van der Waals surface area contributed by atoms with Gasteiger partial charge in [-0.25, -0.2) is 0 Å². The number of nitrogens with zero attached hydrogens (tertiary/aromatic N) is 3. The Balaban J connectivity index is 0.000000193. The normalized spacial score (nSPS) is 23.8. The minimum atomic E-state index is -0.338. The van der Waals surface area contributed by atoms with E-state index in [1.54, 1.807) is 0 Å². The largest absolute Gasteiger partial charge is 1.00 e. The van der Waals surface area contributed by atoms with Crippen molar-refractivity contribution in [2.45, 2.75) is 276 Å². The van der Waals surface area contributed by atoms with Gasteiger partial charge in [-0.05, 0) is 152 Å². The van der Waals surface area contributed by atoms with Crippen molar-refractivity contribution in [3.05, 3.63) is 432 Å². The molecular formula is C122H138Br2Cl2KN3O12. The molecule has 0 aromatic heterocycles. The number of ether oxygens (including phenoxy) is 12. The van der Waals surface area contributed by atoms with Crippen LogP contribution in [0.2, 0.25) is 10.0 Å². The molecule has 0 radical (unpaired) electrons. The smallest absolute Gasteiger partial charge is 0.512 e. The number of hydrogen-bond donors (Lipinski definition) is 0. The van der Waals surface area contributed by atoms with Crippen LogP contribution in [-0.2, 0) is 133 Å². The monoisotopic (exact) mass is 2100 g/mol. The van der Waals surface area contributed by atoms with Crippen LogP contribution in [0.1, 0.15) is 213 Å². The molecule has 16 rings (SSSR count). The van der Waals surface area contributed by atoms with Gasteiger partial charge in [-0.1, -0.05) is 421 Å². The molecule has 4 fully saturated rings. The van der Waals surface area contributed by atoms with Crippen LogP contribution in [0, 0.1) is 72.0 Å². The molecule has 4 aliphatic rings. The topological polar surface area (TPSA) is 182 Å². The third kappa shape index (κ3) is 32.9. The summed E-state index contributed by atoms with van der Waals surface area (Å²) in [6.45, 7) is 30.5. The van der Waals surface area contributed by atoms with Gasteiger partial charge >= 0.3 is 51.4 Å². The van der Waals surface area contributed by atoms with Gasteiger partial charge in [-0.3, -0.25) is 0 Å². The Morgan fingerprint density at radius 2 is 0.472 bits per heavy atom. The predicted molar refractivity (Wildman–Crippen MR) is 569 cm³/mol. The van der Waals surface area contributed by atoms with Crippen LogP contribution in [0.3, 0.4) is 0 Å². The molecular weight excluding hydrogens is 1970 g/mol. The molecule has 742 valence electrons. The third-order valence-electron chi connectivity index (χ3n) is 27.1. The first-order chi connectivity index (χ1) is 68.4. The fourth-order valence-electron chi connectivity index (χ4n) is 19.1. The molecule has 0 bridgehead atoms. The maximum atomic E-state index is 9.32. The zero-order valence-electron chi connectivity index (χ0n) is 83.1. The van der Waals surface area contributed by atoms with E-state index in [9.17, 15) is 10.5 Å². The summed E-state index contributed by atoms with van der Waals surface area (Å²) in [7, 11) is 0. The van der Waals surface area contributed by atoms with Crippen LogP contribution < -0.4 is 51.4 Å². The van der Waals surface area contributed by atoms with Gasteiger partial charge in [0, 0.05) is 44.4 Å². The van der Waals surface area contributed by atoms with Gasteiger partial charge in [0.25, 0.3) is 0 Å². The molecule has 4 aliphatic heterocycles. The van der Waals surface area contributed by atoms with Crippen molar-refractivity contribution in [1.82, 2.24) is 0 Å². The minimum Gasteiger partial charge on any atom is -0.512 e. The molecule has 142 heavy (non-hydrogen) atoms. The molecule has 12 aromatic carbocycles. The third-order valence-corrected chi connectivity index (χ3v) is 29.1. The van der Waals surface area contributed by atoms with Crippen LogP contribution in [0.4, 0.5) is 0 Å². The van der Waals surface area contributed by atoms with Gasteiger partial charge in [0.15, 0.2) is 0 Å². The molecule has 0 saturated carbocycles. The molecule has 0 N–H and O–H groups in total. The second kappa shape index (κ2) is 61.4. The summed E-state index contributed by atoms with van der Waals surface area (Å²) in [5.41, 5.74) is 19.8. The van der Waals surface area contributed by atoms with Crippen molar-refractivity contribution in [1.29, 1.82) is 15.8 Å². The number of rotatable bonds is 36. The number of hydrogen-bond acceptors (Lipinski definition) is 15.